The number of carbonyl (C=O) groups is 2. The molecule has 0 spiro atoms. The van der Waals surface area contributed by atoms with Gasteiger partial charge in [0.15, 0.2) is 6.10 Å². The first-order valence-corrected chi connectivity index (χ1v) is 11.0. The van der Waals surface area contributed by atoms with E-state index in [0.717, 1.165) is 16.9 Å². The lowest BCUT2D eigenvalue weighted by atomic mass is 10.0. The smallest absolute Gasteiger partial charge is 0.407 e. The number of piperidine rings is 1. The third-order valence-corrected chi connectivity index (χ3v) is 5.53. The van der Waals surface area contributed by atoms with Gasteiger partial charge in [0.25, 0.3) is 5.91 Å². The molecule has 1 atom stereocenters. The van der Waals surface area contributed by atoms with Crippen LogP contribution in [0.2, 0.25) is 0 Å². The molecule has 1 heterocycles. The van der Waals surface area contributed by atoms with Crippen LogP contribution in [0.15, 0.2) is 54.6 Å². The molecule has 0 radical (unpaired) electrons. The molecule has 2 amide bonds. The number of likely N-dealkylation sites (tertiary alicyclic amines) is 1. The Labute approximate surface area is 184 Å². The molecule has 0 bridgehead atoms. The van der Waals surface area contributed by atoms with Crippen molar-refractivity contribution < 1.29 is 19.1 Å². The number of alkyl carbamates (subject to hydrolysis) is 1. The summed E-state index contributed by atoms with van der Waals surface area (Å²) in [5, 5.41) is 2.91. The van der Waals surface area contributed by atoms with Crippen LogP contribution in [0.1, 0.15) is 50.7 Å². The predicted molar refractivity (Wildman–Crippen MR) is 120 cm³/mol. The summed E-state index contributed by atoms with van der Waals surface area (Å²) >= 11 is 0. The average Bonchev–Trinajstić information content (AvgIpc) is 2.78. The molecule has 1 fully saturated rings. The summed E-state index contributed by atoms with van der Waals surface area (Å²) in [5.74, 6) is 1.06. The van der Waals surface area contributed by atoms with Gasteiger partial charge < -0.3 is 19.7 Å². The quantitative estimate of drug-likeness (QED) is 0.711. The Morgan fingerprint density at radius 3 is 2.32 bits per heavy atom. The minimum absolute atomic E-state index is 0.00483. The van der Waals surface area contributed by atoms with Crippen molar-refractivity contribution in [3.05, 3.63) is 65.7 Å². The molecule has 6 heteroatoms. The van der Waals surface area contributed by atoms with E-state index in [0.29, 0.717) is 31.8 Å². The highest BCUT2D eigenvalue weighted by atomic mass is 16.5. The van der Waals surface area contributed by atoms with Gasteiger partial charge in [-0.2, -0.15) is 0 Å². The maximum atomic E-state index is 12.9. The molecule has 6 nitrogen and oxygen atoms in total. The van der Waals surface area contributed by atoms with Gasteiger partial charge in [-0.25, -0.2) is 4.79 Å². The number of hydrogen-bond acceptors (Lipinski definition) is 4. The van der Waals surface area contributed by atoms with Gasteiger partial charge in [-0.3, -0.25) is 4.79 Å². The lowest BCUT2D eigenvalue weighted by Gasteiger charge is -2.33. The Balaban J connectivity index is 1.43. The van der Waals surface area contributed by atoms with E-state index in [-0.39, 0.29) is 18.6 Å². The molecule has 2 aromatic carbocycles. The fraction of sp³-hybridized carbons (Fsp3) is 0.440. The van der Waals surface area contributed by atoms with Gasteiger partial charge in [-0.15, -0.1) is 0 Å². The standard InChI is InChI=1S/C25H32N2O4/c1-18(2)22-11-7-8-12-23(22)31-19(3)24(28)27-15-13-21(14-16-27)26-25(29)30-17-20-9-5-4-6-10-20/h4-12,18-19,21H,13-17H2,1-3H3,(H,26,29). The Bertz CT molecular complexity index is 861. The molecule has 166 valence electrons. The van der Waals surface area contributed by atoms with Gasteiger partial charge >= 0.3 is 6.09 Å². The SMILES string of the molecule is CC(Oc1ccccc1C(C)C)C(=O)N1CCC(NC(=O)OCc2ccccc2)CC1. The zero-order chi connectivity index (χ0) is 22.2. The number of nitrogens with zero attached hydrogens (tertiary/aromatic N) is 1. The van der Waals surface area contributed by atoms with E-state index < -0.39 is 12.2 Å². The first kappa shape index (κ1) is 22.7. The molecule has 0 aromatic heterocycles. The molecule has 1 aliphatic rings. The molecule has 1 unspecified atom stereocenters. The Hall–Kier alpha value is -3.02. The largest absolute Gasteiger partial charge is 0.481 e. The Kier molecular flexibility index (Phi) is 7.93. The van der Waals surface area contributed by atoms with E-state index in [1.54, 1.807) is 6.92 Å². The third kappa shape index (κ3) is 6.48. The predicted octanol–water partition coefficient (Wildman–Crippen LogP) is 4.49. The van der Waals surface area contributed by atoms with E-state index in [2.05, 4.69) is 19.2 Å². The van der Waals surface area contributed by atoms with E-state index >= 15 is 0 Å². The van der Waals surface area contributed by atoms with Crippen LogP contribution < -0.4 is 10.1 Å². The fourth-order valence-electron chi connectivity index (χ4n) is 3.74. The van der Waals surface area contributed by atoms with Gasteiger partial charge in [-0.05, 0) is 42.9 Å². The summed E-state index contributed by atoms with van der Waals surface area (Å²) in [6.07, 6.45) is 0.416. The van der Waals surface area contributed by atoms with Crippen molar-refractivity contribution in [1.29, 1.82) is 0 Å². The number of nitrogens with one attached hydrogen (secondary N) is 1. The van der Waals surface area contributed by atoms with E-state index in [1.807, 2.05) is 59.5 Å². The number of benzene rings is 2. The van der Waals surface area contributed by atoms with Gasteiger partial charge in [0.05, 0.1) is 0 Å². The zero-order valence-corrected chi connectivity index (χ0v) is 18.5. The maximum absolute atomic E-state index is 12.9. The van der Waals surface area contributed by atoms with Crippen molar-refractivity contribution in [1.82, 2.24) is 10.2 Å². The summed E-state index contributed by atoms with van der Waals surface area (Å²) in [7, 11) is 0. The second-order valence-corrected chi connectivity index (χ2v) is 8.26. The van der Waals surface area contributed by atoms with Crippen LogP contribution in [0.3, 0.4) is 0 Å². The number of hydrogen-bond donors (Lipinski definition) is 1. The minimum atomic E-state index is -0.555. The van der Waals surface area contributed by atoms with Crippen molar-refractivity contribution in [2.24, 2.45) is 0 Å². The molecule has 3 rings (SSSR count). The molecule has 0 aliphatic carbocycles. The van der Waals surface area contributed by atoms with Gasteiger partial charge in [0.2, 0.25) is 0 Å². The third-order valence-electron chi connectivity index (χ3n) is 5.53. The van der Waals surface area contributed by atoms with Crippen LogP contribution in [0.25, 0.3) is 0 Å². The number of amides is 2. The average molecular weight is 425 g/mol. The molecular formula is C25H32N2O4. The molecule has 31 heavy (non-hydrogen) atoms. The van der Waals surface area contributed by atoms with Gasteiger partial charge in [0, 0.05) is 19.1 Å². The highest BCUT2D eigenvalue weighted by Gasteiger charge is 2.28. The fourth-order valence-corrected chi connectivity index (χ4v) is 3.74. The van der Waals surface area contributed by atoms with Crippen molar-refractivity contribution in [3.8, 4) is 5.75 Å². The lowest BCUT2D eigenvalue weighted by molar-refractivity contribution is -0.139. The normalized spacial score (nSPS) is 15.4. The molecule has 2 aromatic rings. The minimum Gasteiger partial charge on any atom is -0.481 e. The van der Waals surface area contributed by atoms with Crippen LogP contribution in [-0.4, -0.2) is 42.1 Å². The zero-order valence-electron chi connectivity index (χ0n) is 18.5. The number of ether oxygens (including phenoxy) is 2. The molecule has 1 aliphatic heterocycles. The molecular weight excluding hydrogens is 392 g/mol. The summed E-state index contributed by atoms with van der Waals surface area (Å²) in [5.41, 5.74) is 2.05. The van der Waals surface area contributed by atoms with E-state index in [1.165, 1.54) is 0 Å². The highest BCUT2D eigenvalue weighted by Crippen LogP contribution is 2.27. The van der Waals surface area contributed by atoms with Crippen LogP contribution in [-0.2, 0) is 16.1 Å². The lowest BCUT2D eigenvalue weighted by Crippen LogP contribution is -2.49. The van der Waals surface area contributed by atoms with Crippen LogP contribution in [0, 0.1) is 0 Å². The second-order valence-electron chi connectivity index (χ2n) is 8.26. The summed E-state index contributed by atoms with van der Waals surface area (Å²) < 4.78 is 11.3. The van der Waals surface area contributed by atoms with Crippen molar-refractivity contribution in [2.75, 3.05) is 13.1 Å². The van der Waals surface area contributed by atoms with Crippen LogP contribution >= 0.6 is 0 Å². The number of para-hydroxylation sites is 1. The van der Waals surface area contributed by atoms with Crippen molar-refractivity contribution in [3.63, 3.8) is 0 Å². The first-order valence-electron chi connectivity index (χ1n) is 11.0. The Morgan fingerprint density at radius 2 is 1.65 bits per heavy atom. The second kappa shape index (κ2) is 10.8. The van der Waals surface area contributed by atoms with Crippen LogP contribution in [0.5, 0.6) is 5.75 Å². The highest BCUT2D eigenvalue weighted by molar-refractivity contribution is 5.81. The molecule has 1 saturated heterocycles. The molecule has 0 saturated carbocycles. The van der Waals surface area contributed by atoms with Crippen molar-refractivity contribution in [2.45, 2.75) is 58.3 Å². The summed E-state index contributed by atoms with van der Waals surface area (Å²) in [6, 6.07) is 17.4. The maximum Gasteiger partial charge on any atom is 0.407 e. The van der Waals surface area contributed by atoms with E-state index in [4.69, 9.17) is 9.47 Å². The monoisotopic (exact) mass is 424 g/mol. The Morgan fingerprint density at radius 1 is 1.00 bits per heavy atom. The van der Waals surface area contributed by atoms with Gasteiger partial charge in [-0.1, -0.05) is 62.4 Å². The van der Waals surface area contributed by atoms with Crippen molar-refractivity contribution >= 4 is 12.0 Å². The van der Waals surface area contributed by atoms with Crippen LogP contribution in [0.4, 0.5) is 4.79 Å². The summed E-state index contributed by atoms with van der Waals surface area (Å²) in [6.45, 7) is 7.43. The summed E-state index contributed by atoms with van der Waals surface area (Å²) in [4.78, 5) is 26.7. The number of rotatable bonds is 7. The molecule has 1 N–H and O–H groups in total. The van der Waals surface area contributed by atoms with Gasteiger partial charge in [0.1, 0.15) is 12.4 Å². The van der Waals surface area contributed by atoms with E-state index in [9.17, 15) is 9.59 Å². The topological polar surface area (TPSA) is 67.9 Å². The number of carbonyl (C=O) groups excluding carboxylic acids is 2. The first-order chi connectivity index (χ1) is 14.9.